The number of hydrogen-bond donors (Lipinski definition) is 1. The Balaban J connectivity index is 1.47. The molecule has 3 aromatic rings. The molecular weight excluding hydrogens is 402 g/mol. The third-order valence-electron chi connectivity index (χ3n) is 5.38. The van der Waals surface area contributed by atoms with Gasteiger partial charge in [-0.15, -0.1) is 0 Å². The normalized spacial score (nSPS) is 13.6. The van der Waals surface area contributed by atoms with Gasteiger partial charge in [-0.05, 0) is 54.9 Å². The Kier molecular flexibility index (Phi) is 7.28. The van der Waals surface area contributed by atoms with E-state index in [1.54, 1.807) is 12.3 Å². The minimum atomic E-state index is 0.485. The van der Waals surface area contributed by atoms with Crippen LogP contribution in [0.5, 0.6) is 5.75 Å². The molecule has 0 radical (unpaired) electrons. The van der Waals surface area contributed by atoms with Crippen molar-refractivity contribution in [1.82, 2.24) is 9.97 Å². The molecule has 1 fully saturated rings. The van der Waals surface area contributed by atoms with Crippen molar-refractivity contribution in [3.63, 3.8) is 0 Å². The van der Waals surface area contributed by atoms with Gasteiger partial charge in [0.1, 0.15) is 17.6 Å². The maximum Gasteiger partial charge on any atom is 0.137 e. The molecule has 2 aromatic carbocycles. The summed E-state index contributed by atoms with van der Waals surface area (Å²) in [6, 6.07) is 18.2. The summed E-state index contributed by atoms with van der Waals surface area (Å²) in [5.41, 5.74) is 10.0. The average Bonchev–Trinajstić information content (AvgIpc) is 2.85. The van der Waals surface area contributed by atoms with E-state index in [1.165, 1.54) is 5.69 Å². The van der Waals surface area contributed by atoms with Crippen LogP contribution in [0.2, 0.25) is 0 Å². The molecule has 0 bridgehead atoms. The summed E-state index contributed by atoms with van der Waals surface area (Å²) >= 11 is 0. The monoisotopic (exact) mass is 429 g/mol. The second-order valence-corrected chi connectivity index (χ2v) is 7.61. The van der Waals surface area contributed by atoms with Crippen LogP contribution in [0.4, 0.5) is 5.69 Å². The fraction of sp³-hybridized carbons (Fsp3) is 0.320. The van der Waals surface area contributed by atoms with Gasteiger partial charge in [0.25, 0.3) is 0 Å². The SMILES string of the molecule is N#Cc1cc(-c2ccnc(Cc3ccc(N4CCOCC4)cc3)n2)ccc1OCCCN. The van der Waals surface area contributed by atoms with Gasteiger partial charge in [0, 0.05) is 37.0 Å². The number of morpholine rings is 1. The Bertz CT molecular complexity index is 1070. The lowest BCUT2D eigenvalue weighted by Crippen LogP contribution is -2.36. The molecule has 0 atom stereocenters. The molecule has 0 saturated carbocycles. The molecule has 32 heavy (non-hydrogen) atoms. The molecule has 4 rings (SSSR count). The molecule has 1 aliphatic rings. The fourth-order valence-electron chi connectivity index (χ4n) is 3.64. The standard InChI is InChI=1S/C25H27N5O2/c26-9-1-13-32-24-7-4-20(17-21(24)18-27)23-8-10-28-25(29-23)16-19-2-5-22(6-3-19)30-11-14-31-15-12-30/h2-8,10,17H,1,9,11-16,26H2. The van der Waals surface area contributed by atoms with Crippen LogP contribution in [-0.2, 0) is 11.2 Å². The maximum atomic E-state index is 9.51. The van der Waals surface area contributed by atoms with Crippen LogP contribution in [0.1, 0.15) is 23.4 Å². The van der Waals surface area contributed by atoms with Crippen molar-refractivity contribution in [1.29, 1.82) is 5.26 Å². The van der Waals surface area contributed by atoms with Crippen molar-refractivity contribution in [2.75, 3.05) is 44.4 Å². The van der Waals surface area contributed by atoms with E-state index in [9.17, 15) is 5.26 Å². The van der Waals surface area contributed by atoms with E-state index in [2.05, 4.69) is 40.2 Å². The number of benzene rings is 2. The molecule has 2 N–H and O–H groups in total. The van der Waals surface area contributed by atoms with Gasteiger partial charge in [0.05, 0.1) is 31.1 Å². The molecule has 7 nitrogen and oxygen atoms in total. The predicted octanol–water partition coefficient (Wildman–Crippen LogP) is 3.17. The van der Waals surface area contributed by atoms with E-state index in [0.29, 0.717) is 30.9 Å². The number of nitrogens with zero attached hydrogens (tertiary/aromatic N) is 4. The zero-order chi connectivity index (χ0) is 22.2. The summed E-state index contributed by atoms with van der Waals surface area (Å²) in [4.78, 5) is 11.5. The first-order valence-corrected chi connectivity index (χ1v) is 10.9. The molecule has 0 aliphatic carbocycles. The van der Waals surface area contributed by atoms with Gasteiger partial charge >= 0.3 is 0 Å². The molecule has 1 saturated heterocycles. The number of hydrogen-bond acceptors (Lipinski definition) is 7. The second kappa shape index (κ2) is 10.7. The van der Waals surface area contributed by atoms with E-state index in [1.807, 2.05) is 18.2 Å². The van der Waals surface area contributed by atoms with Crippen LogP contribution < -0.4 is 15.4 Å². The van der Waals surface area contributed by atoms with Gasteiger partial charge in [0.2, 0.25) is 0 Å². The highest BCUT2D eigenvalue weighted by Crippen LogP contribution is 2.26. The van der Waals surface area contributed by atoms with Crippen LogP contribution in [0.25, 0.3) is 11.3 Å². The molecule has 7 heteroatoms. The number of aromatic nitrogens is 2. The van der Waals surface area contributed by atoms with E-state index in [0.717, 1.165) is 55.4 Å². The molecule has 0 spiro atoms. The highest BCUT2D eigenvalue weighted by molar-refractivity contribution is 5.64. The lowest BCUT2D eigenvalue weighted by molar-refractivity contribution is 0.122. The fourth-order valence-corrected chi connectivity index (χ4v) is 3.64. The smallest absolute Gasteiger partial charge is 0.137 e. The Hall–Kier alpha value is -3.47. The van der Waals surface area contributed by atoms with Crippen LogP contribution >= 0.6 is 0 Å². The van der Waals surface area contributed by atoms with E-state index >= 15 is 0 Å². The topological polar surface area (TPSA) is 97.3 Å². The Morgan fingerprint density at radius 2 is 1.91 bits per heavy atom. The van der Waals surface area contributed by atoms with Gasteiger partial charge in [-0.25, -0.2) is 9.97 Å². The third-order valence-corrected chi connectivity index (χ3v) is 5.38. The number of anilines is 1. The zero-order valence-electron chi connectivity index (χ0n) is 18.0. The lowest BCUT2D eigenvalue weighted by atomic mass is 10.1. The molecule has 1 aliphatic heterocycles. The Morgan fingerprint density at radius 1 is 1.09 bits per heavy atom. The van der Waals surface area contributed by atoms with Crippen molar-refractivity contribution in [3.8, 4) is 23.1 Å². The minimum Gasteiger partial charge on any atom is -0.492 e. The van der Waals surface area contributed by atoms with Crippen LogP contribution in [0.3, 0.4) is 0 Å². The van der Waals surface area contributed by atoms with Gasteiger partial charge in [-0.3, -0.25) is 0 Å². The van der Waals surface area contributed by atoms with E-state index in [-0.39, 0.29) is 0 Å². The minimum absolute atomic E-state index is 0.485. The van der Waals surface area contributed by atoms with Crippen LogP contribution in [0, 0.1) is 11.3 Å². The summed E-state index contributed by atoms with van der Waals surface area (Å²) in [6.45, 7) is 4.44. The van der Waals surface area contributed by atoms with Gasteiger partial charge in [-0.1, -0.05) is 12.1 Å². The summed E-state index contributed by atoms with van der Waals surface area (Å²) in [7, 11) is 0. The third kappa shape index (κ3) is 5.41. The maximum absolute atomic E-state index is 9.51. The van der Waals surface area contributed by atoms with Gasteiger partial charge in [0.15, 0.2) is 0 Å². The highest BCUT2D eigenvalue weighted by Gasteiger charge is 2.12. The van der Waals surface area contributed by atoms with Crippen molar-refractivity contribution >= 4 is 5.69 Å². The Labute approximate surface area is 188 Å². The Morgan fingerprint density at radius 3 is 2.66 bits per heavy atom. The largest absolute Gasteiger partial charge is 0.492 e. The molecular formula is C25H27N5O2. The summed E-state index contributed by atoms with van der Waals surface area (Å²) in [5.74, 6) is 1.31. The molecule has 2 heterocycles. The van der Waals surface area contributed by atoms with E-state index < -0.39 is 0 Å². The van der Waals surface area contributed by atoms with Gasteiger partial charge in [-0.2, -0.15) is 5.26 Å². The van der Waals surface area contributed by atoms with Crippen LogP contribution in [0.15, 0.2) is 54.7 Å². The number of nitriles is 1. The number of nitrogens with two attached hydrogens (primary N) is 1. The first-order chi connectivity index (χ1) is 15.8. The van der Waals surface area contributed by atoms with E-state index in [4.69, 9.17) is 20.2 Å². The zero-order valence-corrected chi connectivity index (χ0v) is 18.0. The van der Waals surface area contributed by atoms with Crippen molar-refractivity contribution in [2.24, 2.45) is 5.73 Å². The van der Waals surface area contributed by atoms with Crippen molar-refractivity contribution < 1.29 is 9.47 Å². The molecule has 1 aromatic heterocycles. The first-order valence-electron chi connectivity index (χ1n) is 10.9. The quantitative estimate of drug-likeness (QED) is 0.549. The number of ether oxygens (including phenoxy) is 2. The summed E-state index contributed by atoms with van der Waals surface area (Å²) in [6.07, 6.45) is 3.15. The lowest BCUT2D eigenvalue weighted by Gasteiger charge is -2.28. The predicted molar refractivity (Wildman–Crippen MR) is 124 cm³/mol. The highest BCUT2D eigenvalue weighted by atomic mass is 16.5. The van der Waals surface area contributed by atoms with Crippen molar-refractivity contribution in [3.05, 3.63) is 71.7 Å². The molecule has 0 unspecified atom stereocenters. The molecule has 0 amide bonds. The first kappa shape index (κ1) is 21.8. The van der Waals surface area contributed by atoms with Crippen molar-refractivity contribution in [2.45, 2.75) is 12.8 Å². The second-order valence-electron chi connectivity index (χ2n) is 7.61. The van der Waals surface area contributed by atoms with Gasteiger partial charge < -0.3 is 20.1 Å². The van der Waals surface area contributed by atoms with Crippen LogP contribution in [-0.4, -0.2) is 49.4 Å². The summed E-state index contributed by atoms with van der Waals surface area (Å²) in [5, 5.41) is 9.51. The number of rotatable bonds is 8. The average molecular weight is 430 g/mol. The summed E-state index contributed by atoms with van der Waals surface area (Å²) < 4.78 is 11.1. The molecule has 164 valence electrons.